The number of halogens is 2. The molecule has 0 aliphatic carbocycles. The number of nitrogens with one attached hydrogen (secondary N) is 1. The minimum Gasteiger partial charge on any atom is -0.494 e. The molecule has 0 radical (unpaired) electrons. The van der Waals surface area contributed by atoms with Crippen molar-refractivity contribution in [2.75, 3.05) is 71.2 Å². The maximum atomic E-state index is 15.6. The number of anilines is 1. The van der Waals surface area contributed by atoms with E-state index in [0.717, 1.165) is 11.3 Å². The Morgan fingerprint density at radius 2 is 1.62 bits per heavy atom. The molecular formula is C33H46BrFN4O6. The molecule has 2 aliphatic rings. The van der Waals surface area contributed by atoms with Gasteiger partial charge in [0.1, 0.15) is 18.2 Å². The first kappa shape index (κ1) is 36.1. The van der Waals surface area contributed by atoms with Gasteiger partial charge in [-0.05, 0) is 49.9 Å². The predicted octanol–water partition coefficient (Wildman–Crippen LogP) is 5.22. The average Bonchev–Trinajstić information content (AvgIpc) is 3.31. The molecule has 1 N–H and O–H groups in total. The highest BCUT2D eigenvalue weighted by Crippen LogP contribution is 2.42. The Labute approximate surface area is 276 Å². The lowest BCUT2D eigenvalue weighted by atomic mass is 9.84. The van der Waals surface area contributed by atoms with Crippen LogP contribution in [-0.4, -0.2) is 93.6 Å². The molecule has 0 spiro atoms. The van der Waals surface area contributed by atoms with E-state index in [1.54, 1.807) is 29.9 Å². The number of hydrogen-bond donors (Lipinski definition) is 1. The van der Waals surface area contributed by atoms with E-state index >= 15 is 4.39 Å². The first-order valence-corrected chi connectivity index (χ1v) is 15.3. The minimum atomic E-state index is -0.645. The fourth-order valence-electron chi connectivity index (χ4n) is 5.68. The maximum absolute atomic E-state index is 15.6. The van der Waals surface area contributed by atoms with Gasteiger partial charge in [-0.15, -0.1) is 17.0 Å². The van der Waals surface area contributed by atoms with Crippen LogP contribution >= 0.6 is 17.0 Å². The maximum Gasteiger partial charge on any atom is 0.248 e. The third-order valence-corrected chi connectivity index (χ3v) is 7.91. The number of piperazine rings is 1. The third-order valence-electron chi connectivity index (χ3n) is 7.91. The molecular weight excluding hydrogens is 647 g/mol. The molecule has 0 bridgehead atoms. The van der Waals surface area contributed by atoms with Crippen LogP contribution in [0.3, 0.4) is 0 Å². The quantitative estimate of drug-likeness (QED) is 0.302. The first-order chi connectivity index (χ1) is 20.9. The lowest BCUT2D eigenvalue weighted by Gasteiger charge is -2.38. The van der Waals surface area contributed by atoms with E-state index < -0.39 is 5.82 Å². The topological polar surface area (TPSA) is 105 Å². The van der Waals surface area contributed by atoms with Gasteiger partial charge in [0, 0.05) is 50.5 Å². The monoisotopic (exact) mass is 692 g/mol. The van der Waals surface area contributed by atoms with Crippen LogP contribution < -0.4 is 19.1 Å². The van der Waals surface area contributed by atoms with Crippen LogP contribution in [0.1, 0.15) is 68.6 Å². The first-order valence-electron chi connectivity index (χ1n) is 15.3. The number of benzene rings is 2. The molecule has 2 heterocycles. The second kappa shape index (κ2) is 15.3. The molecule has 45 heavy (non-hydrogen) atoms. The standard InChI is InChI=1S/C33H45FN4O6.BrH/c1-8-42-20-27(40)37-13-11-36(12-14-37)24-16-21(15-23(30(24)41-7)33(4,5)6)25(39)19-38-18-22-17-26(43-9-2)31(44-10-3)29(34)28(22)32(38)35;/h15-17,35H,8-14,18-20H2,1-7H3;1H. The number of ketones is 1. The van der Waals surface area contributed by atoms with E-state index in [-0.39, 0.29) is 77.5 Å². The molecule has 0 atom stereocenters. The molecule has 248 valence electrons. The van der Waals surface area contributed by atoms with Gasteiger partial charge in [-0.2, -0.15) is 0 Å². The van der Waals surface area contributed by atoms with Gasteiger partial charge in [0.05, 0.1) is 38.1 Å². The van der Waals surface area contributed by atoms with Crippen LogP contribution in [0, 0.1) is 11.2 Å². The van der Waals surface area contributed by atoms with Gasteiger partial charge in [-0.25, -0.2) is 4.39 Å². The lowest BCUT2D eigenvalue weighted by molar-refractivity contribution is -0.136. The van der Waals surface area contributed by atoms with E-state index in [2.05, 4.69) is 25.7 Å². The molecule has 2 aromatic rings. The number of carbonyl (C=O) groups is 2. The van der Waals surface area contributed by atoms with Crippen molar-refractivity contribution in [3.63, 3.8) is 0 Å². The summed E-state index contributed by atoms with van der Waals surface area (Å²) in [6.07, 6.45) is 0. The molecule has 1 fully saturated rings. The number of carbonyl (C=O) groups excluding carboxylic acids is 2. The second-order valence-electron chi connectivity index (χ2n) is 11.9. The number of rotatable bonds is 12. The summed E-state index contributed by atoms with van der Waals surface area (Å²) < 4.78 is 38.0. The van der Waals surface area contributed by atoms with Gasteiger partial charge in [0.15, 0.2) is 23.1 Å². The van der Waals surface area contributed by atoms with Crippen LogP contribution in [0.2, 0.25) is 0 Å². The Balaban J connectivity index is 0.00000552. The molecule has 1 amide bonds. The molecule has 12 heteroatoms. The van der Waals surface area contributed by atoms with E-state index in [1.165, 1.54) is 0 Å². The predicted molar refractivity (Wildman–Crippen MR) is 178 cm³/mol. The molecule has 1 saturated heterocycles. The highest BCUT2D eigenvalue weighted by atomic mass is 79.9. The number of ether oxygens (including phenoxy) is 4. The molecule has 0 saturated carbocycles. The van der Waals surface area contributed by atoms with Crippen molar-refractivity contribution in [3.05, 3.63) is 46.3 Å². The number of nitrogens with zero attached hydrogens (tertiary/aromatic N) is 3. The largest absolute Gasteiger partial charge is 0.494 e. The summed E-state index contributed by atoms with van der Waals surface area (Å²) in [5.74, 6) is 0.0310. The number of amidine groups is 1. The van der Waals surface area contributed by atoms with Crippen molar-refractivity contribution in [3.8, 4) is 17.2 Å². The Hall–Kier alpha value is -3.38. The SMILES string of the molecule is Br.CCOCC(=O)N1CCN(c2cc(C(=O)CN3Cc4cc(OCC)c(OCC)c(F)c4C3=N)cc(C(C)(C)C)c2OC)CC1. The van der Waals surface area contributed by atoms with Crippen molar-refractivity contribution in [1.29, 1.82) is 5.41 Å². The van der Waals surface area contributed by atoms with Crippen LogP contribution in [0.15, 0.2) is 18.2 Å². The van der Waals surface area contributed by atoms with E-state index in [1.807, 2.05) is 26.0 Å². The van der Waals surface area contributed by atoms with Gasteiger partial charge in [0.2, 0.25) is 5.91 Å². The van der Waals surface area contributed by atoms with Crippen molar-refractivity contribution >= 4 is 40.2 Å². The van der Waals surface area contributed by atoms with Crippen LogP contribution in [0.5, 0.6) is 17.2 Å². The van der Waals surface area contributed by atoms with Gasteiger partial charge in [0.25, 0.3) is 0 Å². The summed E-state index contributed by atoms with van der Waals surface area (Å²) in [7, 11) is 1.63. The van der Waals surface area contributed by atoms with Crippen LogP contribution in [-0.2, 0) is 21.5 Å². The van der Waals surface area contributed by atoms with E-state index in [0.29, 0.717) is 62.0 Å². The number of Topliss-reactive ketones (excluding diaryl/α,β-unsaturated/α-hetero) is 1. The summed E-state index contributed by atoms with van der Waals surface area (Å²) in [6, 6.07) is 5.40. The number of methoxy groups -OCH3 is 1. The normalized spacial score (nSPS) is 14.7. The summed E-state index contributed by atoms with van der Waals surface area (Å²) in [6.45, 7) is 15.1. The summed E-state index contributed by atoms with van der Waals surface area (Å²) >= 11 is 0. The fraction of sp³-hybridized carbons (Fsp3) is 0.545. The van der Waals surface area contributed by atoms with Gasteiger partial charge in [-0.3, -0.25) is 15.0 Å². The van der Waals surface area contributed by atoms with E-state index in [9.17, 15) is 9.59 Å². The zero-order chi connectivity index (χ0) is 32.2. The van der Waals surface area contributed by atoms with Gasteiger partial charge >= 0.3 is 0 Å². The average molecular weight is 694 g/mol. The Morgan fingerprint density at radius 1 is 0.956 bits per heavy atom. The Kier molecular flexibility index (Phi) is 12.2. The summed E-state index contributed by atoms with van der Waals surface area (Å²) in [5, 5.41) is 8.76. The van der Waals surface area contributed by atoms with Crippen molar-refractivity contribution < 1.29 is 32.9 Å². The third kappa shape index (κ3) is 7.71. The second-order valence-corrected chi connectivity index (χ2v) is 11.9. The van der Waals surface area contributed by atoms with Gasteiger partial charge < -0.3 is 33.6 Å². The zero-order valence-corrected chi connectivity index (χ0v) is 29.1. The van der Waals surface area contributed by atoms with Crippen LogP contribution in [0.25, 0.3) is 0 Å². The minimum absolute atomic E-state index is 0. The van der Waals surface area contributed by atoms with E-state index in [4.69, 9.17) is 24.4 Å². The molecule has 2 aliphatic heterocycles. The Bertz CT molecular complexity index is 1400. The number of hydrogen-bond acceptors (Lipinski definition) is 8. The van der Waals surface area contributed by atoms with Crippen molar-refractivity contribution in [2.24, 2.45) is 0 Å². The highest BCUT2D eigenvalue weighted by Gasteiger charge is 2.34. The molecule has 2 aromatic carbocycles. The number of fused-ring (bicyclic) bond motifs is 1. The molecule has 10 nitrogen and oxygen atoms in total. The Morgan fingerprint density at radius 3 is 2.20 bits per heavy atom. The van der Waals surface area contributed by atoms with Crippen molar-refractivity contribution in [1.82, 2.24) is 9.80 Å². The summed E-state index contributed by atoms with van der Waals surface area (Å²) in [5.41, 5.74) is 2.52. The fourth-order valence-corrected chi connectivity index (χ4v) is 5.68. The zero-order valence-electron chi connectivity index (χ0n) is 27.4. The van der Waals surface area contributed by atoms with Gasteiger partial charge in [-0.1, -0.05) is 20.8 Å². The number of amides is 1. The molecule has 4 rings (SSSR count). The molecule has 0 unspecified atom stereocenters. The highest BCUT2D eigenvalue weighted by molar-refractivity contribution is 8.93. The molecule has 0 aromatic heterocycles. The summed E-state index contributed by atoms with van der Waals surface area (Å²) in [4.78, 5) is 31.9. The lowest BCUT2D eigenvalue weighted by Crippen LogP contribution is -2.50. The van der Waals surface area contributed by atoms with Crippen molar-refractivity contribution in [2.45, 2.75) is 53.5 Å². The van der Waals surface area contributed by atoms with Crippen LogP contribution in [0.4, 0.5) is 10.1 Å². The smallest absolute Gasteiger partial charge is 0.248 e.